The summed E-state index contributed by atoms with van der Waals surface area (Å²) in [5, 5.41) is 4.25. The summed E-state index contributed by atoms with van der Waals surface area (Å²) in [6.45, 7) is 8.45. The molecule has 22 heavy (non-hydrogen) atoms. The van der Waals surface area contributed by atoms with Crippen LogP contribution in [0.2, 0.25) is 0 Å². The molecular formula is C20H22N2. The number of benzene rings is 3. The van der Waals surface area contributed by atoms with Crippen molar-refractivity contribution >= 4 is 22.1 Å². The lowest BCUT2D eigenvalue weighted by atomic mass is 10.0. The number of fused-ring (bicyclic) bond motifs is 1. The van der Waals surface area contributed by atoms with Gasteiger partial charge in [-0.25, -0.2) is 5.84 Å². The molecule has 0 saturated heterocycles. The summed E-state index contributed by atoms with van der Waals surface area (Å²) >= 11 is 0. The largest absolute Gasteiger partial charge is 0.279 e. The van der Waals surface area contributed by atoms with Gasteiger partial charge < -0.3 is 0 Å². The van der Waals surface area contributed by atoms with Gasteiger partial charge in [0, 0.05) is 0 Å². The van der Waals surface area contributed by atoms with Crippen molar-refractivity contribution in [1.82, 2.24) is 0 Å². The number of nitrogens with zero attached hydrogens (tertiary/aromatic N) is 1. The van der Waals surface area contributed by atoms with Crippen LogP contribution >= 0.6 is 0 Å². The SMILES string of the molecule is Cc1cc(C)c(N(N)c2ccc3cc(C)ccc3c2)c(C)c1. The van der Waals surface area contributed by atoms with E-state index in [1.807, 2.05) is 0 Å². The van der Waals surface area contributed by atoms with Gasteiger partial charge in [0.25, 0.3) is 0 Å². The number of hydrogen-bond acceptors (Lipinski definition) is 2. The van der Waals surface area contributed by atoms with Gasteiger partial charge in [-0.05, 0) is 61.7 Å². The summed E-state index contributed by atoms with van der Waals surface area (Å²) < 4.78 is 0. The third-order valence-electron chi connectivity index (χ3n) is 4.13. The Balaban J connectivity index is 2.09. The molecule has 0 aliphatic carbocycles. The van der Waals surface area contributed by atoms with Gasteiger partial charge in [-0.3, -0.25) is 5.01 Å². The van der Waals surface area contributed by atoms with E-state index < -0.39 is 0 Å². The molecule has 0 saturated carbocycles. The molecule has 2 N–H and O–H groups in total. The van der Waals surface area contributed by atoms with Crippen molar-refractivity contribution in [2.24, 2.45) is 5.84 Å². The number of rotatable bonds is 2. The average Bonchev–Trinajstić information content (AvgIpc) is 2.45. The average molecular weight is 290 g/mol. The lowest BCUT2D eigenvalue weighted by Gasteiger charge is -2.24. The molecule has 112 valence electrons. The Morgan fingerprint density at radius 3 is 1.95 bits per heavy atom. The first-order chi connectivity index (χ1) is 10.5. The first-order valence-corrected chi connectivity index (χ1v) is 7.59. The Kier molecular flexibility index (Phi) is 3.63. The zero-order valence-corrected chi connectivity index (χ0v) is 13.6. The van der Waals surface area contributed by atoms with Crippen LogP contribution in [0.25, 0.3) is 10.8 Å². The number of aryl methyl sites for hydroxylation is 4. The third-order valence-corrected chi connectivity index (χ3v) is 4.13. The van der Waals surface area contributed by atoms with Crippen LogP contribution < -0.4 is 10.9 Å². The van der Waals surface area contributed by atoms with E-state index in [9.17, 15) is 0 Å². The van der Waals surface area contributed by atoms with Crippen LogP contribution in [-0.2, 0) is 0 Å². The molecule has 0 unspecified atom stereocenters. The van der Waals surface area contributed by atoms with E-state index in [0.29, 0.717) is 0 Å². The minimum absolute atomic E-state index is 1.01. The van der Waals surface area contributed by atoms with Gasteiger partial charge in [0.1, 0.15) is 0 Å². The minimum Gasteiger partial charge on any atom is -0.279 e. The predicted octanol–water partition coefficient (Wildman–Crippen LogP) is 5.09. The smallest absolute Gasteiger partial charge is 0.0633 e. The third kappa shape index (κ3) is 2.58. The van der Waals surface area contributed by atoms with Gasteiger partial charge in [-0.1, -0.05) is 47.5 Å². The minimum atomic E-state index is 1.01. The van der Waals surface area contributed by atoms with Crippen LogP contribution in [0, 0.1) is 27.7 Å². The first kappa shape index (κ1) is 14.6. The van der Waals surface area contributed by atoms with Gasteiger partial charge in [-0.15, -0.1) is 0 Å². The van der Waals surface area contributed by atoms with E-state index >= 15 is 0 Å². The van der Waals surface area contributed by atoms with E-state index in [-0.39, 0.29) is 0 Å². The molecule has 0 spiro atoms. The molecule has 0 aliphatic heterocycles. The molecule has 0 fully saturated rings. The van der Waals surface area contributed by atoms with Crippen LogP contribution in [0.4, 0.5) is 11.4 Å². The predicted molar refractivity (Wildman–Crippen MR) is 95.7 cm³/mol. The lowest BCUT2D eigenvalue weighted by Crippen LogP contribution is -2.26. The van der Waals surface area contributed by atoms with Crippen LogP contribution in [0.5, 0.6) is 0 Å². The fourth-order valence-corrected chi connectivity index (χ4v) is 3.18. The Morgan fingerprint density at radius 1 is 0.682 bits per heavy atom. The molecule has 0 heterocycles. The monoisotopic (exact) mass is 290 g/mol. The molecule has 0 bridgehead atoms. The number of hydrazine groups is 1. The molecule has 0 aliphatic rings. The maximum absolute atomic E-state index is 6.42. The van der Waals surface area contributed by atoms with Crippen molar-refractivity contribution in [3.8, 4) is 0 Å². The number of anilines is 2. The highest BCUT2D eigenvalue weighted by Crippen LogP contribution is 2.31. The molecule has 0 amide bonds. The van der Waals surface area contributed by atoms with Gasteiger partial charge in [0.05, 0.1) is 11.4 Å². The van der Waals surface area contributed by atoms with Crippen molar-refractivity contribution in [2.45, 2.75) is 27.7 Å². The van der Waals surface area contributed by atoms with Crippen molar-refractivity contribution in [1.29, 1.82) is 0 Å². The standard InChI is InChI=1S/C20H22N2/c1-13-5-6-18-12-19(8-7-17(18)11-13)22(21)20-15(3)9-14(2)10-16(20)4/h5-12H,21H2,1-4H3. The van der Waals surface area contributed by atoms with Crippen LogP contribution in [0.3, 0.4) is 0 Å². The van der Waals surface area contributed by atoms with Crippen LogP contribution in [-0.4, -0.2) is 0 Å². The summed E-state index contributed by atoms with van der Waals surface area (Å²) in [6.07, 6.45) is 0. The van der Waals surface area contributed by atoms with E-state index in [4.69, 9.17) is 5.84 Å². The highest BCUT2D eigenvalue weighted by atomic mass is 15.4. The van der Waals surface area contributed by atoms with Crippen molar-refractivity contribution in [3.05, 3.63) is 70.8 Å². The highest BCUT2D eigenvalue weighted by Gasteiger charge is 2.12. The summed E-state index contributed by atoms with van der Waals surface area (Å²) in [5.41, 5.74) is 7.02. The molecule has 0 atom stereocenters. The summed E-state index contributed by atoms with van der Waals surface area (Å²) in [5.74, 6) is 6.42. The van der Waals surface area contributed by atoms with E-state index in [1.165, 1.54) is 33.0 Å². The van der Waals surface area contributed by atoms with Gasteiger partial charge >= 0.3 is 0 Å². The molecule has 3 rings (SSSR count). The molecule has 2 heteroatoms. The summed E-state index contributed by atoms with van der Waals surface area (Å²) in [4.78, 5) is 0. The fraction of sp³-hybridized carbons (Fsp3) is 0.200. The van der Waals surface area contributed by atoms with E-state index in [1.54, 1.807) is 5.01 Å². The second kappa shape index (κ2) is 5.47. The molecule has 3 aromatic carbocycles. The zero-order chi connectivity index (χ0) is 15.9. The Bertz CT molecular complexity index is 826. The molecule has 0 aromatic heterocycles. The van der Waals surface area contributed by atoms with Gasteiger partial charge in [0.15, 0.2) is 0 Å². The lowest BCUT2D eigenvalue weighted by molar-refractivity contribution is 1.06. The Morgan fingerprint density at radius 2 is 1.27 bits per heavy atom. The molecular weight excluding hydrogens is 268 g/mol. The fourth-order valence-electron chi connectivity index (χ4n) is 3.18. The molecule has 3 aromatic rings. The quantitative estimate of drug-likeness (QED) is 0.526. The van der Waals surface area contributed by atoms with Crippen LogP contribution in [0.1, 0.15) is 22.3 Å². The Hall–Kier alpha value is -2.32. The van der Waals surface area contributed by atoms with Crippen molar-refractivity contribution in [2.75, 3.05) is 5.01 Å². The zero-order valence-electron chi connectivity index (χ0n) is 13.6. The maximum atomic E-state index is 6.42. The molecule has 0 radical (unpaired) electrons. The number of hydrogen-bond donors (Lipinski definition) is 1. The Labute approximate surface area is 132 Å². The first-order valence-electron chi connectivity index (χ1n) is 7.59. The molecule has 2 nitrogen and oxygen atoms in total. The highest BCUT2D eigenvalue weighted by molar-refractivity contribution is 5.87. The van der Waals surface area contributed by atoms with E-state index in [2.05, 4.69) is 76.2 Å². The van der Waals surface area contributed by atoms with E-state index in [0.717, 1.165) is 11.4 Å². The normalized spacial score (nSPS) is 11.0. The van der Waals surface area contributed by atoms with Crippen molar-refractivity contribution < 1.29 is 0 Å². The van der Waals surface area contributed by atoms with Crippen molar-refractivity contribution in [3.63, 3.8) is 0 Å². The van der Waals surface area contributed by atoms with Gasteiger partial charge in [-0.2, -0.15) is 0 Å². The summed E-state index contributed by atoms with van der Waals surface area (Å²) in [6, 6.07) is 17.2. The number of nitrogens with two attached hydrogens (primary N) is 1. The topological polar surface area (TPSA) is 29.3 Å². The maximum Gasteiger partial charge on any atom is 0.0633 e. The summed E-state index contributed by atoms with van der Waals surface area (Å²) in [7, 11) is 0. The second-order valence-corrected chi connectivity index (χ2v) is 6.15. The van der Waals surface area contributed by atoms with Gasteiger partial charge in [0.2, 0.25) is 0 Å². The van der Waals surface area contributed by atoms with Crippen LogP contribution in [0.15, 0.2) is 48.5 Å². The second-order valence-electron chi connectivity index (χ2n) is 6.15.